The first-order chi connectivity index (χ1) is 9.65. The summed E-state index contributed by atoms with van der Waals surface area (Å²) in [5, 5.41) is 0. The van der Waals surface area contributed by atoms with Crippen LogP contribution in [0, 0.1) is 11.7 Å². The molecule has 2 rings (SSSR count). The number of piperidine rings is 1. The van der Waals surface area contributed by atoms with E-state index < -0.39 is 5.82 Å². The van der Waals surface area contributed by atoms with E-state index in [0.29, 0.717) is 44.6 Å². The number of rotatable bonds is 4. The van der Waals surface area contributed by atoms with Crippen LogP contribution < -0.4 is 4.90 Å². The lowest BCUT2D eigenvalue weighted by Gasteiger charge is -2.31. The molecule has 0 bridgehead atoms. The Labute approximate surface area is 116 Å². The van der Waals surface area contributed by atoms with Gasteiger partial charge in [0.25, 0.3) is 0 Å². The van der Waals surface area contributed by atoms with Crippen molar-refractivity contribution in [2.75, 3.05) is 24.6 Å². The number of halogens is 1. The molecule has 0 amide bonds. The SMILES string of the molecule is CCOC(=O)C1CCN(c2cc(C=O)c(F)cn2)CC1. The third kappa shape index (κ3) is 3.12. The van der Waals surface area contributed by atoms with E-state index in [1.54, 1.807) is 6.92 Å². The van der Waals surface area contributed by atoms with E-state index in [2.05, 4.69) is 4.98 Å². The zero-order chi connectivity index (χ0) is 14.5. The Bertz CT molecular complexity index is 499. The highest BCUT2D eigenvalue weighted by molar-refractivity contribution is 5.77. The van der Waals surface area contributed by atoms with Crippen molar-refractivity contribution < 1.29 is 18.7 Å². The Morgan fingerprint density at radius 3 is 2.85 bits per heavy atom. The van der Waals surface area contributed by atoms with Crippen LogP contribution in [0.1, 0.15) is 30.1 Å². The molecule has 0 radical (unpaired) electrons. The minimum absolute atomic E-state index is 0.00233. The van der Waals surface area contributed by atoms with Crippen LogP contribution in [0.5, 0.6) is 0 Å². The second kappa shape index (κ2) is 6.45. The van der Waals surface area contributed by atoms with E-state index in [1.165, 1.54) is 6.07 Å². The van der Waals surface area contributed by atoms with E-state index in [4.69, 9.17) is 4.74 Å². The lowest BCUT2D eigenvalue weighted by Crippen LogP contribution is -2.37. The van der Waals surface area contributed by atoms with Gasteiger partial charge in [-0.15, -0.1) is 0 Å². The minimum atomic E-state index is -0.620. The van der Waals surface area contributed by atoms with Crippen molar-refractivity contribution in [3.63, 3.8) is 0 Å². The smallest absolute Gasteiger partial charge is 0.309 e. The fourth-order valence-electron chi connectivity index (χ4n) is 2.31. The number of carbonyl (C=O) groups excluding carboxylic acids is 2. The number of ether oxygens (including phenoxy) is 1. The summed E-state index contributed by atoms with van der Waals surface area (Å²) in [6, 6.07) is 1.44. The maximum Gasteiger partial charge on any atom is 0.309 e. The molecule has 1 aromatic rings. The standard InChI is InChI=1S/C14H17FN2O3/c1-2-20-14(19)10-3-5-17(6-4-10)13-7-11(9-18)12(15)8-16-13/h7-10H,2-6H2,1H3. The number of esters is 1. The monoisotopic (exact) mass is 280 g/mol. The predicted molar refractivity (Wildman–Crippen MR) is 71.2 cm³/mol. The summed E-state index contributed by atoms with van der Waals surface area (Å²) in [5.41, 5.74) is 0.00233. The molecule has 2 heterocycles. The summed E-state index contributed by atoms with van der Waals surface area (Å²) >= 11 is 0. The maximum absolute atomic E-state index is 13.2. The van der Waals surface area contributed by atoms with Crippen LogP contribution in [0.25, 0.3) is 0 Å². The molecule has 108 valence electrons. The van der Waals surface area contributed by atoms with E-state index in [0.717, 1.165) is 6.20 Å². The first kappa shape index (κ1) is 14.4. The molecule has 0 aliphatic carbocycles. The first-order valence-corrected chi connectivity index (χ1v) is 6.68. The van der Waals surface area contributed by atoms with Crippen molar-refractivity contribution in [3.8, 4) is 0 Å². The molecule has 0 saturated carbocycles. The first-order valence-electron chi connectivity index (χ1n) is 6.68. The highest BCUT2D eigenvalue weighted by Gasteiger charge is 2.26. The Morgan fingerprint density at radius 1 is 1.55 bits per heavy atom. The van der Waals surface area contributed by atoms with Crippen LogP contribution in [0.2, 0.25) is 0 Å². The van der Waals surface area contributed by atoms with Gasteiger partial charge in [-0.3, -0.25) is 9.59 Å². The zero-order valence-electron chi connectivity index (χ0n) is 11.3. The molecular formula is C14H17FN2O3. The van der Waals surface area contributed by atoms with E-state index in [9.17, 15) is 14.0 Å². The molecule has 0 spiro atoms. The zero-order valence-corrected chi connectivity index (χ0v) is 11.3. The van der Waals surface area contributed by atoms with Gasteiger partial charge in [0, 0.05) is 13.1 Å². The third-order valence-electron chi connectivity index (χ3n) is 3.44. The van der Waals surface area contributed by atoms with Gasteiger partial charge in [0.15, 0.2) is 12.1 Å². The summed E-state index contributed by atoms with van der Waals surface area (Å²) in [4.78, 5) is 28.3. The molecular weight excluding hydrogens is 263 g/mol. The Balaban J connectivity index is 2.00. The molecule has 1 aromatic heterocycles. The third-order valence-corrected chi connectivity index (χ3v) is 3.44. The van der Waals surface area contributed by atoms with Gasteiger partial charge in [-0.2, -0.15) is 0 Å². The van der Waals surface area contributed by atoms with Crippen LogP contribution in [-0.4, -0.2) is 36.9 Å². The maximum atomic E-state index is 13.2. The number of anilines is 1. The molecule has 1 fully saturated rings. The number of aldehydes is 1. The van der Waals surface area contributed by atoms with Gasteiger partial charge in [0.1, 0.15) is 5.82 Å². The van der Waals surface area contributed by atoms with Gasteiger partial charge in [-0.1, -0.05) is 0 Å². The van der Waals surface area contributed by atoms with Gasteiger partial charge in [0.2, 0.25) is 0 Å². The highest BCUT2D eigenvalue weighted by Crippen LogP contribution is 2.23. The number of nitrogens with zero attached hydrogens (tertiary/aromatic N) is 2. The average molecular weight is 280 g/mol. The van der Waals surface area contributed by atoms with E-state index in [1.807, 2.05) is 4.90 Å². The predicted octanol–water partition coefficient (Wildman–Crippen LogP) is 1.81. The van der Waals surface area contributed by atoms with Crippen LogP contribution >= 0.6 is 0 Å². The molecule has 1 saturated heterocycles. The van der Waals surface area contributed by atoms with Crippen LogP contribution in [0.3, 0.4) is 0 Å². The van der Waals surface area contributed by atoms with Gasteiger partial charge < -0.3 is 9.64 Å². The Kier molecular flexibility index (Phi) is 4.65. The molecule has 6 heteroatoms. The van der Waals surface area contributed by atoms with Crippen molar-refractivity contribution in [1.82, 2.24) is 4.98 Å². The Hall–Kier alpha value is -1.98. The quantitative estimate of drug-likeness (QED) is 0.622. The molecule has 1 aliphatic heterocycles. The summed E-state index contributed by atoms with van der Waals surface area (Å²) in [6.07, 6.45) is 2.88. The lowest BCUT2D eigenvalue weighted by atomic mass is 9.97. The number of carbonyl (C=O) groups is 2. The molecule has 20 heavy (non-hydrogen) atoms. The number of pyridine rings is 1. The molecule has 0 atom stereocenters. The summed E-state index contributed by atoms with van der Waals surface area (Å²) in [5.74, 6) is -0.300. The minimum Gasteiger partial charge on any atom is -0.466 e. The van der Waals surface area contributed by atoms with Crippen molar-refractivity contribution >= 4 is 18.1 Å². The van der Waals surface area contributed by atoms with Gasteiger partial charge in [0.05, 0.1) is 24.3 Å². The van der Waals surface area contributed by atoms with Crippen LogP contribution in [0.15, 0.2) is 12.3 Å². The topological polar surface area (TPSA) is 59.5 Å². The van der Waals surface area contributed by atoms with Crippen molar-refractivity contribution in [1.29, 1.82) is 0 Å². The summed E-state index contributed by atoms with van der Waals surface area (Å²) < 4.78 is 18.2. The van der Waals surface area contributed by atoms with Gasteiger partial charge in [-0.05, 0) is 25.8 Å². The fourth-order valence-corrected chi connectivity index (χ4v) is 2.31. The average Bonchev–Trinajstić information content (AvgIpc) is 2.48. The normalized spacial score (nSPS) is 16.0. The molecule has 1 aliphatic rings. The molecule has 0 unspecified atom stereocenters. The Morgan fingerprint density at radius 2 is 2.25 bits per heavy atom. The highest BCUT2D eigenvalue weighted by atomic mass is 19.1. The van der Waals surface area contributed by atoms with E-state index >= 15 is 0 Å². The van der Waals surface area contributed by atoms with Crippen molar-refractivity contribution in [3.05, 3.63) is 23.6 Å². The van der Waals surface area contributed by atoms with Crippen molar-refractivity contribution in [2.24, 2.45) is 5.92 Å². The molecule has 0 N–H and O–H groups in total. The number of hydrogen-bond acceptors (Lipinski definition) is 5. The lowest BCUT2D eigenvalue weighted by molar-refractivity contribution is -0.148. The van der Waals surface area contributed by atoms with Crippen LogP contribution in [-0.2, 0) is 9.53 Å². The second-order valence-corrected chi connectivity index (χ2v) is 4.70. The van der Waals surface area contributed by atoms with Gasteiger partial charge in [-0.25, -0.2) is 9.37 Å². The largest absolute Gasteiger partial charge is 0.466 e. The fraction of sp³-hybridized carbons (Fsp3) is 0.500. The molecule has 0 aromatic carbocycles. The van der Waals surface area contributed by atoms with Crippen molar-refractivity contribution in [2.45, 2.75) is 19.8 Å². The summed E-state index contributed by atoms with van der Waals surface area (Å²) in [7, 11) is 0. The number of aromatic nitrogens is 1. The number of hydrogen-bond donors (Lipinski definition) is 0. The second-order valence-electron chi connectivity index (χ2n) is 4.70. The van der Waals surface area contributed by atoms with E-state index in [-0.39, 0.29) is 17.5 Å². The van der Waals surface area contributed by atoms with Crippen LogP contribution in [0.4, 0.5) is 10.2 Å². The van der Waals surface area contributed by atoms with Gasteiger partial charge >= 0.3 is 5.97 Å². The molecule has 5 nitrogen and oxygen atoms in total. The summed E-state index contributed by atoms with van der Waals surface area (Å²) in [6.45, 7) is 3.46.